The number of nitrogens with one attached hydrogen (secondary N) is 1. The topological polar surface area (TPSA) is 72.5 Å². The van der Waals surface area contributed by atoms with Crippen molar-refractivity contribution in [3.63, 3.8) is 0 Å². The minimum absolute atomic E-state index is 0.413. The smallest absolute Gasteiger partial charge is 0.148 e. The summed E-state index contributed by atoms with van der Waals surface area (Å²) in [7, 11) is 0. The lowest BCUT2D eigenvalue weighted by Gasteiger charge is -2.08. The third kappa shape index (κ3) is 2.40. The van der Waals surface area contributed by atoms with Crippen LogP contribution in [0.15, 0.2) is 36.5 Å². The molecule has 0 saturated carbocycles. The maximum Gasteiger partial charge on any atom is 0.148 e. The number of anilines is 2. The number of benzene rings is 1. The van der Waals surface area contributed by atoms with Gasteiger partial charge in [-0.05, 0) is 30.3 Å². The molecule has 0 bridgehead atoms. The Hall–Kier alpha value is -2.56. The van der Waals surface area contributed by atoms with Crippen LogP contribution in [0.1, 0.15) is 11.1 Å². The number of aromatic nitrogens is 1. The van der Waals surface area contributed by atoms with E-state index in [1.807, 2.05) is 12.1 Å². The highest BCUT2D eigenvalue weighted by Crippen LogP contribution is 2.26. The van der Waals surface area contributed by atoms with Gasteiger partial charge in [-0.15, -0.1) is 0 Å². The number of nitrogens with zero attached hydrogens (tertiary/aromatic N) is 3. The predicted octanol–water partition coefficient (Wildman–Crippen LogP) is 3.22. The van der Waals surface area contributed by atoms with Crippen LogP contribution >= 0.6 is 11.6 Å². The van der Waals surface area contributed by atoms with E-state index >= 15 is 0 Å². The Bertz CT molecular complexity index is 667. The Morgan fingerprint density at radius 2 is 2.00 bits per heavy atom. The molecule has 5 heteroatoms. The van der Waals surface area contributed by atoms with Gasteiger partial charge in [0.15, 0.2) is 0 Å². The van der Waals surface area contributed by atoms with Gasteiger partial charge in [0.05, 0.1) is 27.9 Å². The standard InChI is InChI=1S/C13H7ClN4/c14-11-4-3-9(7-15)6-12(11)18-13-10(8-16)2-1-5-17-13/h1-6H,(H,17,18). The fourth-order valence-corrected chi connectivity index (χ4v) is 1.58. The second-order valence-corrected chi connectivity index (χ2v) is 3.85. The average Bonchev–Trinajstić information content (AvgIpc) is 2.42. The summed E-state index contributed by atoms with van der Waals surface area (Å²) >= 11 is 6.02. The summed E-state index contributed by atoms with van der Waals surface area (Å²) in [5.41, 5.74) is 1.44. The highest BCUT2D eigenvalue weighted by atomic mass is 35.5. The molecule has 0 atom stereocenters. The molecule has 0 amide bonds. The minimum atomic E-state index is 0.413. The molecule has 0 spiro atoms. The van der Waals surface area contributed by atoms with Crippen LogP contribution in [0, 0.1) is 22.7 Å². The lowest BCUT2D eigenvalue weighted by molar-refractivity contribution is 1.28. The van der Waals surface area contributed by atoms with Crippen molar-refractivity contribution in [1.29, 1.82) is 10.5 Å². The van der Waals surface area contributed by atoms with E-state index in [0.717, 1.165) is 0 Å². The zero-order valence-electron chi connectivity index (χ0n) is 9.18. The summed E-state index contributed by atoms with van der Waals surface area (Å²) in [6.45, 7) is 0. The minimum Gasteiger partial charge on any atom is -0.338 e. The zero-order chi connectivity index (χ0) is 13.0. The van der Waals surface area contributed by atoms with E-state index in [-0.39, 0.29) is 0 Å². The first-order valence-electron chi connectivity index (χ1n) is 5.06. The monoisotopic (exact) mass is 254 g/mol. The first-order valence-corrected chi connectivity index (χ1v) is 5.44. The molecule has 2 aromatic rings. The molecule has 2 rings (SSSR count). The number of halogens is 1. The molecule has 4 nitrogen and oxygen atoms in total. The third-order valence-electron chi connectivity index (χ3n) is 2.28. The first kappa shape index (κ1) is 11.9. The summed E-state index contributed by atoms with van der Waals surface area (Å²) in [4.78, 5) is 4.07. The molecule has 1 heterocycles. The summed E-state index contributed by atoms with van der Waals surface area (Å²) in [5, 5.41) is 21.2. The highest BCUT2D eigenvalue weighted by Gasteiger charge is 2.06. The van der Waals surface area contributed by atoms with Gasteiger partial charge in [0.1, 0.15) is 11.9 Å². The zero-order valence-corrected chi connectivity index (χ0v) is 9.94. The van der Waals surface area contributed by atoms with E-state index in [2.05, 4.69) is 10.3 Å². The Kier molecular flexibility index (Phi) is 3.43. The van der Waals surface area contributed by atoms with Crippen molar-refractivity contribution in [1.82, 2.24) is 4.98 Å². The van der Waals surface area contributed by atoms with Crippen LogP contribution < -0.4 is 5.32 Å². The third-order valence-corrected chi connectivity index (χ3v) is 2.61. The van der Waals surface area contributed by atoms with E-state index in [0.29, 0.717) is 27.7 Å². The fraction of sp³-hybridized carbons (Fsp3) is 0. The van der Waals surface area contributed by atoms with Crippen molar-refractivity contribution in [3.8, 4) is 12.1 Å². The Balaban J connectivity index is 2.41. The molecule has 0 aliphatic rings. The van der Waals surface area contributed by atoms with Crippen molar-refractivity contribution in [2.45, 2.75) is 0 Å². The van der Waals surface area contributed by atoms with Crippen LogP contribution in [0.3, 0.4) is 0 Å². The second-order valence-electron chi connectivity index (χ2n) is 3.44. The van der Waals surface area contributed by atoms with Crippen molar-refractivity contribution in [2.24, 2.45) is 0 Å². The molecule has 0 fully saturated rings. The van der Waals surface area contributed by atoms with Gasteiger partial charge in [0.2, 0.25) is 0 Å². The maximum atomic E-state index is 8.95. The van der Waals surface area contributed by atoms with Gasteiger partial charge >= 0.3 is 0 Å². The maximum absolute atomic E-state index is 8.95. The molecule has 0 saturated heterocycles. The van der Waals surface area contributed by atoms with Gasteiger partial charge in [-0.2, -0.15) is 10.5 Å². The Morgan fingerprint density at radius 3 is 2.72 bits per heavy atom. The normalized spacial score (nSPS) is 9.28. The first-order chi connectivity index (χ1) is 8.74. The molecule has 1 aromatic carbocycles. The van der Waals surface area contributed by atoms with Crippen LogP contribution in [0.2, 0.25) is 5.02 Å². The highest BCUT2D eigenvalue weighted by molar-refractivity contribution is 6.33. The lowest BCUT2D eigenvalue weighted by Crippen LogP contribution is -1.97. The number of pyridine rings is 1. The van der Waals surface area contributed by atoms with E-state index in [1.165, 1.54) is 0 Å². The van der Waals surface area contributed by atoms with Crippen molar-refractivity contribution >= 4 is 23.1 Å². The van der Waals surface area contributed by atoms with Gasteiger partial charge in [0.25, 0.3) is 0 Å². The van der Waals surface area contributed by atoms with Gasteiger partial charge in [-0.25, -0.2) is 4.98 Å². The van der Waals surface area contributed by atoms with Crippen molar-refractivity contribution < 1.29 is 0 Å². The number of hydrogen-bond donors (Lipinski definition) is 1. The molecule has 0 aliphatic carbocycles. The summed E-state index contributed by atoms with van der Waals surface area (Å²) in [6.07, 6.45) is 1.57. The predicted molar refractivity (Wildman–Crippen MR) is 68.4 cm³/mol. The molecule has 1 aromatic heterocycles. The SMILES string of the molecule is N#Cc1ccc(Cl)c(Nc2ncccc2C#N)c1. The Labute approximate surface area is 109 Å². The van der Waals surface area contributed by atoms with Gasteiger partial charge < -0.3 is 5.32 Å². The molecule has 1 N–H and O–H groups in total. The molecule has 18 heavy (non-hydrogen) atoms. The van der Waals surface area contributed by atoms with Crippen LogP contribution in [0.5, 0.6) is 0 Å². The van der Waals surface area contributed by atoms with Crippen LogP contribution in [0.25, 0.3) is 0 Å². The molecule has 0 aliphatic heterocycles. The Morgan fingerprint density at radius 1 is 1.17 bits per heavy atom. The van der Waals surface area contributed by atoms with E-state index in [4.69, 9.17) is 22.1 Å². The van der Waals surface area contributed by atoms with Crippen molar-refractivity contribution in [3.05, 3.63) is 52.7 Å². The second kappa shape index (κ2) is 5.18. The summed E-state index contributed by atoms with van der Waals surface area (Å²) in [6, 6.07) is 12.2. The molecular weight excluding hydrogens is 248 g/mol. The van der Waals surface area contributed by atoms with Crippen LogP contribution in [0.4, 0.5) is 11.5 Å². The van der Waals surface area contributed by atoms with Gasteiger partial charge in [-0.3, -0.25) is 0 Å². The largest absolute Gasteiger partial charge is 0.338 e. The van der Waals surface area contributed by atoms with E-state index in [9.17, 15) is 0 Å². The lowest BCUT2D eigenvalue weighted by atomic mass is 10.2. The number of rotatable bonds is 2. The molecule has 0 radical (unpaired) electrons. The number of nitriles is 2. The quantitative estimate of drug-likeness (QED) is 0.893. The fourth-order valence-electron chi connectivity index (χ4n) is 1.41. The molecule has 86 valence electrons. The summed E-state index contributed by atoms with van der Waals surface area (Å²) in [5.74, 6) is 0.414. The van der Waals surface area contributed by atoms with Gasteiger partial charge in [0, 0.05) is 6.20 Å². The van der Waals surface area contributed by atoms with Crippen LogP contribution in [-0.2, 0) is 0 Å². The van der Waals surface area contributed by atoms with E-state index < -0.39 is 0 Å². The molecule has 0 unspecified atom stereocenters. The van der Waals surface area contributed by atoms with Gasteiger partial charge in [-0.1, -0.05) is 11.6 Å². The van der Waals surface area contributed by atoms with Crippen LogP contribution in [-0.4, -0.2) is 4.98 Å². The summed E-state index contributed by atoms with van der Waals surface area (Å²) < 4.78 is 0. The van der Waals surface area contributed by atoms with E-state index in [1.54, 1.807) is 36.5 Å². The average molecular weight is 255 g/mol. The molecular formula is C13H7ClN4. The van der Waals surface area contributed by atoms with Crippen molar-refractivity contribution in [2.75, 3.05) is 5.32 Å². The number of hydrogen-bond acceptors (Lipinski definition) is 4.